The van der Waals surface area contributed by atoms with Crippen LogP contribution in [0.5, 0.6) is 0 Å². The molecule has 4 heteroatoms. The Morgan fingerprint density at radius 3 is 1.53 bits per heavy atom. The lowest BCUT2D eigenvalue weighted by Gasteiger charge is -2.12. The van der Waals surface area contributed by atoms with E-state index in [2.05, 4.69) is 0 Å². The van der Waals surface area contributed by atoms with Crippen molar-refractivity contribution in [2.75, 3.05) is 0 Å². The van der Waals surface area contributed by atoms with E-state index in [1.165, 1.54) is 0 Å². The van der Waals surface area contributed by atoms with Crippen LogP contribution in [0, 0.1) is 0 Å². The number of hydrogen-bond donors (Lipinski definition) is 0. The normalized spacial score (nSPS) is 22.7. The summed E-state index contributed by atoms with van der Waals surface area (Å²) in [5.41, 5.74) is -0.418. The summed E-state index contributed by atoms with van der Waals surface area (Å²) in [4.78, 5) is 22.8. The molecule has 2 rings (SSSR count). The van der Waals surface area contributed by atoms with Crippen molar-refractivity contribution in [3.8, 4) is 0 Å². The van der Waals surface area contributed by atoms with Gasteiger partial charge in [0.25, 0.3) is 0 Å². The molecule has 2 aliphatic carbocycles. The highest BCUT2D eigenvalue weighted by molar-refractivity contribution is 5.73. The van der Waals surface area contributed by atoms with Crippen molar-refractivity contribution in [3.63, 3.8) is 0 Å². The van der Waals surface area contributed by atoms with Crippen LogP contribution in [0.25, 0.3) is 0 Å². The molecule has 2 aliphatic rings. The maximum absolute atomic E-state index is 11.4. The lowest BCUT2D eigenvalue weighted by Crippen LogP contribution is -2.17. The first kappa shape index (κ1) is 12.4. The van der Waals surface area contributed by atoms with Gasteiger partial charge in [0.15, 0.2) is 0 Å². The predicted octanol–water partition coefficient (Wildman–Crippen LogP) is 2.35. The summed E-state index contributed by atoms with van der Waals surface area (Å²) < 4.78 is 10.5. The molecule has 2 fully saturated rings. The minimum absolute atomic E-state index is 0.199. The molecule has 96 valence electrons. The molecule has 4 nitrogen and oxygen atoms in total. The van der Waals surface area contributed by atoms with E-state index in [0.29, 0.717) is 19.3 Å². The molecule has 0 aromatic carbocycles. The standard InChI is InChI=1S/C13H20O4/c1-12(6-7-12)16-10(14)4-3-5-11(15)17-13(2)8-9-13/h3-9H2,1-2H3. The van der Waals surface area contributed by atoms with E-state index in [0.717, 1.165) is 25.7 Å². The molecular weight excluding hydrogens is 220 g/mol. The topological polar surface area (TPSA) is 52.6 Å². The third kappa shape index (κ3) is 4.02. The van der Waals surface area contributed by atoms with Gasteiger partial charge in [-0.1, -0.05) is 0 Å². The molecule has 0 aliphatic heterocycles. The SMILES string of the molecule is CC1(OC(=O)CCCC(=O)OC2(C)CC2)CC1. The van der Waals surface area contributed by atoms with Gasteiger partial charge in [-0.3, -0.25) is 9.59 Å². The van der Waals surface area contributed by atoms with E-state index in [4.69, 9.17) is 9.47 Å². The van der Waals surface area contributed by atoms with Crippen LogP contribution in [0.4, 0.5) is 0 Å². The number of esters is 2. The maximum Gasteiger partial charge on any atom is 0.306 e. The quantitative estimate of drug-likeness (QED) is 0.669. The van der Waals surface area contributed by atoms with Crippen LogP contribution in [-0.4, -0.2) is 23.1 Å². The monoisotopic (exact) mass is 240 g/mol. The molecule has 0 atom stereocenters. The van der Waals surface area contributed by atoms with Crippen LogP contribution in [0.3, 0.4) is 0 Å². The van der Waals surface area contributed by atoms with Crippen molar-refractivity contribution in [1.82, 2.24) is 0 Å². The lowest BCUT2D eigenvalue weighted by molar-refractivity contribution is -0.151. The van der Waals surface area contributed by atoms with Gasteiger partial charge in [0.05, 0.1) is 0 Å². The average Bonchev–Trinajstić information content (AvgIpc) is 3.09. The third-order valence-electron chi connectivity index (χ3n) is 3.39. The molecule has 17 heavy (non-hydrogen) atoms. The number of carbonyl (C=O) groups is 2. The molecule has 0 bridgehead atoms. The van der Waals surface area contributed by atoms with E-state index < -0.39 is 0 Å². The van der Waals surface area contributed by atoms with Crippen LogP contribution in [0.2, 0.25) is 0 Å². The Morgan fingerprint density at radius 2 is 1.24 bits per heavy atom. The highest BCUT2D eigenvalue weighted by atomic mass is 16.6. The Morgan fingerprint density at radius 1 is 0.882 bits per heavy atom. The van der Waals surface area contributed by atoms with Crippen LogP contribution in [0.1, 0.15) is 58.8 Å². The van der Waals surface area contributed by atoms with Gasteiger partial charge < -0.3 is 9.47 Å². The van der Waals surface area contributed by atoms with Gasteiger partial charge in [-0.15, -0.1) is 0 Å². The van der Waals surface area contributed by atoms with Gasteiger partial charge in [0.2, 0.25) is 0 Å². The van der Waals surface area contributed by atoms with Crippen molar-refractivity contribution < 1.29 is 19.1 Å². The highest BCUT2D eigenvalue weighted by Crippen LogP contribution is 2.39. The fraction of sp³-hybridized carbons (Fsp3) is 0.846. The molecule has 0 aromatic rings. The van der Waals surface area contributed by atoms with Gasteiger partial charge >= 0.3 is 11.9 Å². The van der Waals surface area contributed by atoms with Crippen LogP contribution >= 0.6 is 0 Å². The van der Waals surface area contributed by atoms with E-state index in [1.54, 1.807) is 0 Å². The fourth-order valence-corrected chi connectivity index (χ4v) is 1.58. The molecule has 0 radical (unpaired) electrons. The van der Waals surface area contributed by atoms with E-state index in [1.807, 2.05) is 13.8 Å². The zero-order chi connectivity index (χ0) is 12.5. The summed E-state index contributed by atoms with van der Waals surface area (Å²) in [5, 5.41) is 0. The molecule has 0 spiro atoms. The summed E-state index contributed by atoms with van der Waals surface area (Å²) in [6.45, 7) is 3.88. The second kappa shape index (κ2) is 4.31. The van der Waals surface area contributed by atoms with E-state index >= 15 is 0 Å². The second-order valence-corrected chi connectivity index (χ2v) is 5.70. The summed E-state index contributed by atoms with van der Waals surface area (Å²) in [6.07, 6.45) is 4.96. The summed E-state index contributed by atoms with van der Waals surface area (Å²) >= 11 is 0. The lowest BCUT2D eigenvalue weighted by atomic mass is 10.2. The molecule has 0 amide bonds. The van der Waals surface area contributed by atoms with Crippen molar-refractivity contribution in [3.05, 3.63) is 0 Å². The van der Waals surface area contributed by atoms with Gasteiger partial charge in [-0.25, -0.2) is 0 Å². The molecule has 0 saturated heterocycles. The van der Waals surface area contributed by atoms with Crippen molar-refractivity contribution >= 4 is 11.9 Å². The van der Waals surface area contributed by atoms with E-state index in [9.17, 15) is 9.59 Å². The first-order chi connectivity index (χ1) is 7.91. The van der Waals surface area contributed by atoms with Gasteiger partial charge in [-0.2, -0.15) is 0 Å². The summed E-state index contributed by atoms with van der Waals surface area (Å²) in [6, 6.07) is 0. The van der Waals surface area contributed by atoms with Gasteiger partial charge in [-0.05, 0) is 46.0 Å². The number of rotatable bonds is 6. The molecular formula is C13H20O4. The third-order valence-corrected chi connectivity index (χ3v) is 3.39. The maximum atomic E-state index is 11.4. The Hall–Kier alpha value is -1.06. The highest BCUT2D eigenvalue weighted by Gasteiger charge is 2.42. The van der Waals surface area contributed by atoms with E-state index in [-0.39, 0.29) is 23.1 Å². The summed E-state index contributed by atoms with van der Waals surface area (Å²) in [7, 11) is 0. The number of ether oxygens (including phenoxy) is 2. The molecule has 0 heterocycles. The number of hydrogen-bond acceptors (Lipinski definition) is 4. The largest absolute Gasteiger partial charge is 0.459 e. The average molecular weight is 240 g/mol. The Balaban J connectivity index is 1.55. The smallest absolute Gasteiger partial charge is 0.306 e. The van der Waals surface area contributed by atoms with Crippen LogP contribution < -0.4 is 0 Å². The van der Waals surface area contributed by atoms with Crippen molar-refractivity contribution in [2.45, 2.75) is 70.0 Å². The van der Waals surface area contributed by atoms with Crippen molar-refractivity contribution in [1.29, 1.82) is 0 Å². The zero-order valence-electron chi connectivity index (χ0n) is 10.6. The molecule has 0 N–H and O–H groups in total. The number of carbonyl (C=O) groups excluding carboxylic acids is 2. The van der Waals surface area contributed by atoms with Crippen molar-refractivity contribution in [2.24, 2.45) is 0 Å². The predicted molar refractivity (Wildman–Crippen MR) is 61.3 cm³/mol. The van der Waals surface area contributed by atoms with Crippen LogP contribution in [-0.2, 0) is 19.1 Å². The zero-order valence-corrected chi connectivity index (χ0v) is 10.6. The fourth-order valence-electron chi connectivity index (χ4n) is 1.58. The Kier molecular flexibility index (Phi) is 3.15. The minimum Gasteiger partial charge on any atom is -0.459 e. The van der Waals surface area contributed by atoms with Gasteiger partial charge in [0.1, 0.15) is 11.2 Å². The Labute approximate surface area is 102 Å². The summed E-state index contributed by atoms with van der Waals surface area (Å²) in [5.74, 6) is -0.397. The molecule has 0 unspecified atom stereocenters. The minimum atomic E-state index is -0.209. The Bertz CT molecular complexity index is 294. The molecule has 2 saturated carbocycles. The first-order valence-electron chi connectivity index (χ1n) is 6.35. The van der Waals surface area contributed by atoms with Crippen LogP contribution in [0.15, 0.2) is 0 Å². The second-order valence-electron chi connectivity index (χ2n) is 5.70. The molecule has 0 aromatic heterocycles. The van der Waals surface area contributed by atoms with Gasteiger partial charge in [0, 0.05) is 12.8 Å². The first-order valence-corrected chi connectivity index (χ1v) is 6.35.